The summed E-state index contributed by atoms with van der Waals surface area (Å²) in [6.07, 6.45) is 0. The SMILES string of the molecule is Cc1cc(C(=O)NCc2ccc(C)o2)nc(C)n1. The topological polar surface area (TPSA) is 68.0 Å². The van der Waals surface area contributed by atoms with Gasteiger partial charge >= 0.3 is 0 Å². The van der Waals surface area contributed by atoms with Crippen LogP contribution < -0.4 is 5.32 Å². The van der Waals surface area contributed by atoms with Crippen molar-refractivity contribution in [3.8, 4) is 0 Å². The third-order valence-corrected chi connectivity index (χ3v) is 2.42. The van der Waals surface area contributed by atoms with Crippen LogP contribution in [0.3, 0.4) is 0 Å². The van der Waals surface area contributed by atoms with Crippen molar-refractivity contribution in [1.82, 2.24) is 15.3 Å². The van der Waals surface area contributed by atoms with Crippen molar-refractivity contribution in [2.75, 3.05) is 0 Å². The van der Waals surface area contributed by atoms with E-state index in [9.17, 15) is 4.79 Å². The first-order chi connectivity index (χ1) is 8.54. The lowest BCUT2D eigenvalue weighted by atomic mass is 10.3. The molecule has 1 amide bonds. The lowest BCUT2D eigenvalue weighted by Gasteiger charge is -2.04. The van der Waals surface area contributed by atoms with Gasteiger partial charge in [-0.1, -0.05) is 0 Å². The van der Waals surface area contributed by atoms with Crippen LogP contribution in [0, 0.1) is 20.8 Å². The van der Waals surface area contributed by atoms with Crippen LogP contribution in [0.25, 0.3) is 0 Å². The first-order valence-corrected chi connectivity index (χ1v) is 5.70. The largest absolute Gasteiger partial charge is 0.465 e. The van der Waals surface area contributed by atoms with Gasteiger partial charge in [-0.2, -0.15) is 0 Å². The fourth-order valence-electron chi connectivity index (χ4n) is 1.67. The van der Waals surface area contributed by atoms with Gasteiger partial charge in [-0.15, -0.1) is 0 Å². The van der Waals surface area contributed by atoms with Gasteiger partial charge in [0.25, 0.3) is 5.91 Å². The zero-order valence-electron chi connectivity index (χ0n) is 10.7. The van der Waals surface area contributed by atoms with Gasteiger partial charge in [0, 0.05) is 5.69 Å². The van der Waals surface area contributed by atoms with Gasteiger partial charge in [0.1, 0.15) is 23.0 Å². The van der Waals surface area contributed by atoms with Gasteiger partial charge < -0.3 is 9.73 Å². The molecule has 5 heteroatoms. The van der Waals surface area contributed by atoms with Crippen molar-refractivity contribution >= 4 is 5.91 Å². The number of carbonyl (C=O) groups excluding carboxylic acids is 1. The molecular formula is C13H15N3O2. The first-order valence-electron chi connectivity index (χ1n) is 5.70. The van der Waals surface area contributed by atoms with E-state index in [-0.39, 0.29) is 5.91 Å². The lowest BCUT2D eigenvalue weighted by molar-refractivity contribution is 0.0942. The van der Waals surface area contributed by atoms with Crippen molar-refractivity contribution < 1.29 is 9.21 Å². The number of amides is 1. The normalized spacial score (nSPS) is 10.4. The Morgan fingerprint density at radius 1 is 1.28 bits per heavy atom. The van der Waals surface area contributed by atoms with Gasteiger partial charge in [-0.05, 0) is 39.0 Å². The maximum atomic E-state index is 11.9. The Morgan fingerprint density at radius 3 is 2.67 bits per heavy atom. The number of rotatable bonds is 3. The second kappa shape index (κ2) is 5.00. The third kappa shape index (κ3) is 2.94. The molecular weight excluding hydrogens is 230 g/mol. The van der Waals surface area contributed by atoms with Crippen LogP contribution >= 0.6 is 0 Å². The first kappa shape index (κ1) is 12.3. The van der Waals surface area contributed by atoms with E-state index in [0.717, 1.165) is 17.2 Å². The Kier molecular flexibility index (Phi) is 3.41. The highest BCUT2D eigenvalue weighted by atomic mass is 16.3. The summed E-state index contributed by atoms with van der Waals surface area (Å²) >= 11 is 0. The molecule has 2 heterocycles. The number of furan rings is 1. The summed E-state index contributed by atoms with van der Waals surface area (Å²) in [5, 5.41) is 2.76. The van der Waals surface area contributed by atoms with Gasteiger partial charge in [-0.3, -0.25) is 4.79 Å². The minimum absolute atomic E-state index is 0.224. The number of hydrogen-bond acceptors (Lipinski definition) is 4. The Labute approximate surface area is 105 Å². The number of aryl methyl sites for hydroxylation is 3. The molecule has 0 radical (unpaired) electrons. The van der Waals surface area contributed by atoms with E-state index < -0.39 is 0 Å². The predicted octanol–water partition coefficient (Wildman–Crippen LogP) is 1.92. The summed E-state index contributed by atoms with van der Waals surface area (Å²) in [7, 11) is 0. The molecule has 2 aromatic heterocycles. The minimum Gasteiger partial charge on any atom is -0.465 e. The molecule has 2 aromatic rings. The van der Waals surface area contributed by atoms with Crippen LogP contribution in [0.15, 0.2) is 22.6 Å². The van der Waals surface area contributed by atoms with Crippen LogP contribution in [0.2, 0.25) is 0 Å². The molecule has 1 N–H and O–H groups in total. The quantitative estimate of drug-likeness (QED) is 0.897. The van der Waals surface area contributed by atoms with E-state index in [1.807, 2.05) is 26.0 Å². The van der Waals surface area contributed by atoms with Crippen LogP contribution in [0.1, 0.15) is 33.5 Å². The average Bonchev–Trinajstić information content (AvgIpc) is 2.70. The molecule has 0 aliphatic heterocycles. The Balaban J connectivity index is 2.03. The van der Waals surface area contributed by atoms with Crippen molar-refractivity contribution in [3.05, 3.63) is 46.9 Å². The molecule has 0 aliphatic rings. The van der Waals surface area contributed by atoms with Crippen molar-refractivity contribution in [3.63, 3.8) is 0 Å². The van der Waals surface area contributed by atoms with E-state index >= 15 is 0 Å². The smallest absolute Gasteiger partial charge is 0.270 e. The molecule has 2 rings (SSSR count). The Hall–Kier alpha value is -2.17. The fraction of sp³-hybridized carbons (Fsp3) is 0.308. The van der Waals surface area contributed by atoms with Crippen LogP contribution in [-0.4, -0.2) is 15.9 Å². The number of nitrogens with one attached hydrogen (secondary N) is 1. The molecule has 94 valence electrons. The molecule has 0 atom stereocenters. The summed E-state index contributed by atoms with van der Waals surface area (Å²) in [6.45, 7) is 5.82. The standard InChI is InChI=1S/C13H15N3O2/c1-8-6-12(16-10(3)15-8)13(17)14-7-11-5-4-9(2)18-11/h4-6H,7H2,1-3H3,(H,14,17). The maximum absolute atomic E-state index is 11.9. The van der Waals surface area contributed by atoms with E-state index in [2.05, 4.69) is 15.3 Å². The van der Waals surface area contributed by atoms with Crippen LogP contribution in [0.5, 0.6) is 0 Å². The van der Waals surface area contributed by atoms with E-state index in [0.29, 0.717) is 18.1 Å². The maximum Gasteiger partial charge on any atom is 0.270 e. The molecule has 0 unspecified atom stereocenters. The molecule has 0 aliphatic carbocycles. The summed E-state index contributed by atoms with van der Waals surface area (Å²) < 4.78 is 5.37. The number of nitrogens with zero attached hydrogens (tertiary/aromatic N) is 2. The summed E-state index contributed by atoms with van der Waals surface area (Å²) in [4.78, 5) is 20.1. The molecule has 0 bridgehead atoms. The van der Waals surface area contributed by atoms with E-state index in [1.54, 1.807) is 13.0 Å². The summed E-state index contributed by atoms with van der Waals surface area (Å²) in [6, 6.07) is 5.36. The molecule has 0 aromatic carbocycles. The van der Waals surface area contributed by atoms with Crippen molar-refractivity contribution in [2.45, 2.75) is 27.3 Å². The van der Waals surface area contributed by atoms with Gasteiger partial charge in [0.15, 0.2) is 0 Å². The third-order valence-electron chi connectivity index (χ3n) is 2.42. The highest BCUT2D eigenvalue weighted by Gasteiger charge is 2.09. The molecule has 0 saturated heterocycles. The van der Waals surface area contributed by atoms with E-state index in [1.165, 1.54) is 0 Å². The highest BCUT2D eigenvalue weighted by Crippen LogP contribution is 2.06. The van der Waals surface area contributed by atoms with Crippen molar-refractivity contribution in [2.24, 2.45) is 0 Å². The molecule has 18 heavy (non-hydrogen) atoms. The van der Waals surface area contributed by atoms with Gasteiger partial charge in [0.2, 0.25) is 0 Å². The zero-order valence-corrected chi connectivity index (χ0v) is 10.7. The van der Waals surface area contributed by atoms with Crippen LogP contribution in [0.4, 0.5) is 0 Å². The second-order valence-corrected chi connectivity index (χ2v) is 4.14. The predicted molar refractivity (Wildman–Crippen MR) is 66.1 cm³/mol. The number of hydrogen-bond donors (Lipinski definition) is 1. The second-order valence-electron chi connectivity index (χ2n) is 4.14. The molecule has 0 fully saturated rings. The van der Waals surface area contributed by atoms with Crippen LogP contribution in [-0.2, 0) is 6.54 Å². The van der Waals surface area contributed by atoms with Crippen molar-refractivity contribution in [1.29, 1.82) is 0 Å². The Bertz CT molecular complexity index is 555. The van der Waals surface area contributed by atoms with Gasteiger partial charge in [-0.25, -0.2) is 9.97 Å². The lowest BCUT2D eigenvalue weighted by Crippen LogP contribution is -2.24. The summed E-state index contributed by atoms with van der Waals surface area (Å²) in [5.74, 6) is 1.92. The zero-order chi connectivity index (χ0) is 13.1. The van der Waals surface area contributed by atoms with Gasteiger partial charge in [0.05, 0.1) is 6.54 Å². The Morgan fingerprint density at radius 2 is 2.06 bits per heavy atom. The number of carbonyl (C=O) groups is 1. The fourth-order valence-corrected chi connectivity index (χ4v) is 1.67. The van der Waals surface area contributed by atoms with E-state index in [4.69, 9.17) is 4.42 Å². The monoisotopic (exact) mass is 245 g/mol. The molecule has 5 nitrogen and oxygen atoms in total. The molecule has 0 saturated carbocycles. The summed E-state index contributed by atoms with van der Waals surface area (Å²) in [5.41, 5.74) is 1.16. The highest BCUT2D eigenvalue weighted by molar-refractivity contribution is 5.92. The molecule has 0 spiro atoms. The average molecular weight is 245 g/mol. The minimum atomic E-state index is -0.224. The number of aromatic nitrogens is 2.